The Bertz CT molecular complexity index is 895. The van der Waals surface area contributed by atoms with Crippen LogP contribution < -0.4 is 10.6 Å². The number of halogens is 1. The van der Waals surface area contributed by atoms with Gasteiger partial charge in [-0.1, -0.05) is 25.5 Å². The van der Waals surface area contributed by atoms with Gasteiger partial charge in [0, 0.05) is 25.7 Å². The molecule has 0 spiro atoms. The van der Waals surface area contributed by atoms with Gasteiger partial charge < -0.3 is 20.1 Å². The zero-order valence-electron chi connectivity index (χ0n) is 17.2. The Kier molecular flexibility index (Phi) is 6.64. The monoisotopic (exact) mass is 401 g/mol. The van der Waals surface area contributed by atoms with Crippen LogP contribution >= 0.6 is 0 Å². The number of likely N-dealkylation sites (N-methyl/N-ethyl adjacent to an activating group) is 1. The van der Waals surface area contributed by atoms with Gasteiger partial charge in [-0.15, -0.1) is 0 Å². The molecule has 8 heteroatoms. The zero-order chi connectivity index (χ0) is 21.0. The van der Waals surface area contributed by atoms with Crippen LogP contribution in [0.1, 0.15) is 42.4 Å². The molecule has 0 aliphatic carbocycles. The molecule has 2 heterocycles. The maximum absolute atomic E-state index is 13.8. The van der Waals surface area contributed by atoms with Crippen molar-refractivity contribution >= 4 is 11.8 Å². The smallest absolute Gasteiger partial charge is 0.272 e. The van der Waals surface area contributed by atoms with E-state index in [0.717, 1.165) is 25.1 Å². The molecule has 1 aliphatic heterocycles. The number of nitrogens with zero attached hydrogens (tertiary/aromatic N) is 3. The summed E-state index contributed by atoms with van der Waals surface area (Å²) in [5.41, 5.74) is 1.71. The van der Waals surface area contributed by atoms with Gasteiger partial charge in [-0.25, -0.2) is 9.37 Å². The Morgan fingerprint density at radius 1 is 1.31 bits per heavy atom. The standard InChI is InChI=1S/C21H28FN5O2/c1-4-7-16(20(28)23-2)24-21(29)18-17-13-26(3)10-6-11-27(17)19(25-18)14-8-5-9-15(22)12-14/h5,8-9,12,16H,4,6-7,10-11,13H2,1-3H3,(H,23,28)(H,24,29)/t16-/m0/s1. The minimum absolute atomic E-state index is 0.229. The summed E-state index contributed by atoms with van der Waals surface area (Å²) in [6.07, 6.45) is 2.20. The van der Waals surface area contributed by atoms with Crippen molar-refractivity contribution in [3.63, 3.8) is 0 Å². The van der Waals surface area contributed by atoms with Gasteiger partial charge in [-0.2, -0.15) is 0 Å². The van der Waals surface area contributed by atoms with Crippen molar-refractivity contribution in [2.45, 2.75) is 45.3 Å². The summed E-state index contributed by atoms with van der Waals surface area (Å²) in [6, 6.07) is 5.62. The van der Waals surface area contributed by atoms with Crippen molar-refractivity contribution in [1.29, 1.82) is 0 Å². The molecule has 1 aliphatic rings. The van der Waals surface area contributed by atoms with Gasteiger partial charge in [-0.05, 0) is 38.6 Å². The second-order valence-corrected chi connectivity index (χ2v) is 7.41. The Morgan fingerprint density at radius 2 is 2.10 bits per heavy atom. The SMILES string of the molecule is CCC[C@H](NC(=O)c1nc(-c2cccc(F)c2)n2c1CN(C)CCC2)C(=O)NC. The van der Waals surface area contributed by atoms with Crippen LogP contribution in [0.5, 0.6) is 0 Å². The highest BCUT2D eigenvalue weighted by molar-refractivity contribution is 5.97. The van der Waals surface area contributed by atoms with Gasteiger partial charge in [0.25, 0.3) is 5.91 Å². The van der Waals surface area contributed by atoms with E-state index >= 15 is 0 Å². The summed E-state index contributed by atoms with van der Waals surface area (Å²) >= 11 is 0. The fraction of sp³-hybridized carbons (Fsp3) is 0.476. The molecule has 0 fully saturated rings. The summed E-state index contributed by atoms with van der Waals surface area (Å²) in [5.74, 6) is -0.382. The van der Waals surface area contributed by atoms with Crippen molar-refractivity contribution in [2.75, 3.05) is 20.6 Å². The molecule has 29 heavy (non-hydrogen) atoms. The molecular formula is C21H28FN5O2. The third-order valence-electron chi connectivity index (χ3n) is 5.16. The maximum atomic E-state index is 13.8. The molecule has 3 rings (SSSR count). The van der Waals surface area contributed by atoms with Gasteiger partial charge in [0.05, 0.1) is 5.69 Å². The molecule has 0 saturated carbocycles. The molecule has 0 bridgehead atoms. The van der Waals surface area contributed by atoms with E-state index in [4.69, 9.17) is 0 Å². The normalized spacial score (nSPS) is 15.3. The summed E-state index contributed by atoms with van der Waals surface area (Å²) in [6.45, 7) is 4.10. The second-order valence-electron chi connectivity index (χ2n) is 7.41. The highest BCUT2D eigenvalue weighted by Crippen LogP contribution is 2.26. The topological polar surface area (TPSA) is 79.3 Å². The summed E-state index contributed by atoms with van der Waals surface area (Å²) in [7, 11) is 3.55. The number of benzene rings is 1. The van der Waals surface area contributed by atoms with Crippen molar-refractivity contribution in [1.82, 2.24) is 25.1 Å². The van der Waals surface area contributed by atoms with E-state index in [0.29, 0.717) is 36.6 Å². The molecule has 2 aromatic rings. The van der Waals surface area contributed by atoms with Gasteiger partial charge in [0.2, 0.25) is 5.91 Å². The molecule has 0 radical (unpaired) electrons. The minimum Gasteiger partial charge on any atom is -0.357 e. The van der Waals surface area contributed by atoms with Gasteiger partial charge in [0.15, 0.2) is 5.69 Å². The molecule has 1 aromatic carbocycles. The van der Waals surface area contributed by atoms with Crippen molar-refractivity contribution in [3.05, 3.63) is 41.5 Å². The van der Waals surface area contributed by atoms with Gasteiger partial charge in [0.1, 0.15) is 17.7 Å². The Balaban J connectivity index is 2.01. The number of hydrogen-bond acceptors (Lipinski definition) is 4. The third kappa shape index (κ3) is 4.64. The number of nitrogens with one attached hydrogen (secondary N) is 2. The van der Waals surface area contributed by atoms with Crippen LogP contribution in [0.15, 0.2) is 24.3 Å². The number of carbonyl (C=O) groups is 2. The van der Waals surface area contributed by atoms with E-state index in [9.17, 15) is 14.0 Å². The first kappa shape index (κ1) is 21.0. The third-order valence-corrected chi connectivity index (χ3v) is 5.16. The highest BCUT2D eigenvalue weighted by atomic mass is 19.1. The molecule has 1 aromatic heterocycles. The Morgan fingerprint density at radius 3 is 2.79 bits per heavy atom. The first-order valence-electron chi connectivity index (χ1n) is 10.0. The molecule has 0 saturated heterocycles. The highest BCUT2D eigenvalue weighted by Gasteiger charge is 2.28. The summed E-state index contributed by atoms with van der Waals surface area (Å²) < 4.78 is 15.8. The Hall–Kier alpha value is -2.74. The first-order chi connectivity index (χ1) is 13.9. The number of amides is 2. The lowest BCUT2D eigenvalue weighted by Crippen LogP contribution is -2.46. The fourth-order valence-corrected chi connectivity index (χ4v) is 3.71. The van der Waals surface area contributed by atoms with Crippen molar-refractivity contribution in [3.8, 4) is 11.4 Å². The second kappa shape index (κ2) is 9.17. The lowest BCUT2D eigenvalue weighted by atomic mass is 10.1. The molecule has 0 unspecified atom stereocenters. The predicted octanol–water partition coefficient (Wildman–Crippen LogP) is 2.17. The van der Waals surface area contributed by atoms with Crippen LogP contribution in [0.25, 0.3) is 11.4 Å². The number of aromatic nitrogens is 2. The average Bonchev–Trinajstić information content (AvgIpc) is 2.94. The fourth-order valence-electron chi connectivity index (χ4n) is 3.71. The van der Waals surface area contributed by atoms with Crippen LogP contribution in [0.2, 0.25) is 0 Å². The molecule has 2 amide bonds. The number of carbonyl (C=O) groups excluding carboxylic acids is 2. The summed E-state index contributed by atoms with van der Waals surface area (Å²) in [4.78, 5) is 32.0. The van der Waals surface area contributed by atoms with E-state index in [2.05, 4.69) is 20.5 Å². The number of imidazole rings is 1. The molecule has 1 atom stereocenters. The molecule has 7 nitrogen and oxygen atoms in total. The van der Waals surface area contributed by atoms with Crippen molar-refractivity contribution in [2.24, 2.45) is 0 Å². The first-order valence-corrected chi connectivity index (χ1v) is 10.0. The van der Waals surface area contributed by atoms with Crippen LogP contribution in [-0.4, -0.2) is 52.9 Å². The predicted molar refractivity (Wildman–Crippen MR) is 109 cm³/mol. The lowest BCUT2D eigenvalue weighted by molar-refractivity contribution is -0.122. The van der Waals surface area contributed by atoms with Crippen molar-refractivity contribution < 1.29 is 14.0 Å². The van der Waals surface area contributed by atoms with Gasteiger partial charge >= 0.3 is 0 Å². The van der Waals surface area contributed by atoms with Crippen LogP contribution in [0, 0.1) is 5.82 Å². The molecule has 156 valence electrons. The molecular weight excluding hydrogens is 373 g/mol. The number of hydrogen-bond donors (Lipinski definition) is 2. The quantitative estimate of drug-likeness (QED) is 0.778. The number of rotatable bonds is 6. The average molecular weight is 401 g/mol. The van der Waals surface area contributed by atoms with E-state index in [1.54, 1.807) is 19.2 Å². The van der Waals surface area contributed by atoms with E-state index < -0.39 is 6.04 Å². The van der Waals surface area contributed by atoms with E-state index in [1.165, 1.54) is 12.1 Å². The van der Waals surface area contributed by atoms with Gasteiger partial charge in [-0.3, -0.25) is 9.59 Å². The van der Waals surface area contributed by atoms with E-state index in [-0.39, 0.29) is 17.6 Å². The minimum atomic E-state index is -0.615. The largest absolute Gasteiger partial charge is 0.357 e. The van der Waals surface area contributed by atoms with Crippen LogP contribution in [0.3, 0.4) is 0 Å². The lowest BCUT2D eigenvalue weighted by Gasteiger charge is -2.17. The van der Waals surface area contributed by atoms with Crippen LogP contribution in [0.4, 0.5) is 4.39 Å². The maximum Gasteiger partial charge on any atom is 0.272 e. The van der Waals surface area contributed by atoms with Crippen LogP contribution in [-0.2, 0) is 17.9 Å². The molecule has 2 N–H and O–H groups in total. The summed E-state index contributed by atoms with van der Waals surface area (Å²) in [5, 5.41) is 5.42. The van der Waals surface area contributed by atoms with E-state index in [1.807, 2.05) is 18.5 Å². The Labute approximate surface area is 170 Å². The number of fused-ring (bicyclic) bond motifs is 1. The zero-order valence-corrected chi connectivity index (χ0v) is 17.2.